The van der Waals surface area contributed by atoms with Crippen molar-refractivity contribution in [3.8, 4) is 11.1 Å². The molecule has 0 aliphatic carbocycles. The Hall–Kier alpha value is -3.16. The molecule has 0 fully saturated rings. The Kier molecular flexibility index (Phi) is 5.59. The molecule has 0 saturated heterocycles. The van der Waals surface area contributed by atoms with Crippen LogP contribution in [0.3, 0.4) is 0 Å². The van der Waals surface area contributed by atoms with E-state index in [4.69, 9.17) is 33.2 Å². The first-order valence-corrected chi connectivity index (χ1v) is 12.8. The molecule has 0 atom stereocenters. The molecule has 0 amide bonds. The zero-order valence-corrected chi connectivity index (χ0v) is 20.7. The first-order valence-electron chi connectivity index (χ1n) is 10.5. The molecule has 34 heavy (non-hydrogen) atoms. The van der Waals surface area contributed by atoms with Crippen molar-refractivity contribution in [2.75, 3.05) is 10.6 Å². The second-order valence-corrected chi connectivity index (χ2v) is 10.6. The number of aromatic nitrogens is 2. The van der Waals surface area contributed by atoms with Gasteiger partial charge in [0, 0.05) is 21.4 Å². The number of halogens is 2. The summed E-state index contributed by atoms with van der Waals surface area (Å²) in [5.41, 5.74) is 6.16. The number of fused-ring (bicyclic) bond motifs is 2. The summed E-state index contributed by atoms with van der Waals surface area (Å²) in [6, 6.07) is 28.0. The van der Waals surface area contributed by atoms with E-state index in [2.05, 4.69) is 47.0 Å². The van der Waals surface area contributed by atoms with Gasteiger partial charge in [0.1, 0.15) is 0 Å². The molecule has 0 aliphatic heterocycles. The monoisotopic (exact) mass is 518 g/mol. The van der Waals surface area contributed by atoms with E-state index < -0.39 is 0 Å². The summed E-state index contributed by atoms with van der Waals surface area (Å²) in [6.07, 6.45) is 0. The fourth-order valence-electron chi connectivity index (χ4n) is 3.63. The molecule has 0 bridgehead atoms. The van der Waals surface area contributed by atoms with Crippen LogP contribution in [-0.2, 0) is 0 Å². The van der Waals surface area contributed by atoms with Gasteiger partial charge < -0.3 is 10.6 Å². The summed E-state index contributed by atoms with van der Waals surface area (Å²) in [6.45, 7) is 0. The van der Waals surface area contributed by atoms with Crippen LogP contribution in [0.15, 0.2) is 84.9 Å². The minimum Gasteiger partial charge on any atom is -0.332 e. The molecule has 0 unspecified atom stereocenters. The Bertz CT molecular complexity index is 1500. The second kappa shape index (κ2) is 8.89. The second-order valence-electron chi connectivity index (χ2n) is 7.67. The molecule has 0 saturated carbocycles. The predicted octanol–water partition coefficient (Wildman–Crippen LogP) is 9.37. The first-order chi connectivity index (χ1) is 16.6. The highest BCUT2D eigenvalue weighted by Crippen LogP contribution is 2.35. The maximum Gasteiger partial charge on any atom is 0.188 e. The third-order valence-electron chi connectivity index (χ3n) is 5.30. The largest absolute Gasteiger partial charge is 0.332 e. The summed E-state index contributed by atoms with van der Waals surface area (Å²) >= 11 is 15.2. The number of hydrogen-bond donors (Lipinski definition) is 2. The zero-order chi connectivity index (χ0) is 23.1. The third kappa shape index (κ3) is 4.45. The summed E-state index contributed by atoms with van der Waals surface area (Å²) in [4.78, 5) is 9.43. The van der Waals surface area contributed by atoms with Crippen LogP contribution in [0.1, 0.15) is 0 Å². The smallest absolute Gasteiger partial charge is 0.188 e. The van der Waals surface area contributed by atoms with Gasteiger partial charge in [-0.25, -0.2) is 9.97 Å². The van der Waals surface area contributed by atoms with Crippen LogP contribution in [-0.4, -0.2) is 9.97 Å². The molecular formula is C26H16Cl2N4S2. The van der Waals surface area contributed by atoms with E-state index in [0.717, 1.165) is 53.2 Å². The van der Waals surface area contributed by atoms with E-state index in [9.17, 15) is 0 Å². The van der Waals surface area contributed by atoms with Gasteiger partial charge in [-0.1, -0.05) is 58.0 Å². The number of anilines is 4. The molecule has 166 valence electrons. The van der Waals surface area contributed by atoms with Gasteiger partial charge in [-0.2, -0.15) is 0 Å². The van der Waals surface area contributed by atoms with E-state index in [1.165, 1.54) is 0 Å². The Morgan fingerprint density at radius 2 is 0.941 bits per heavy atom. The van der Waals surface area contributed by atoms with Crippen LogP contribution >= 0.6 is 45.9 Å². The maximum atomic E-state index is 5.98. The van der Waals surface area contributed by atoms with E-state index in [0.29, 0.717) is 10.0 Å². The highest BCUT2D eigenvalue weighted by Gasteiger charge is 2.09. The predicted molar refractivity (Wildman–Crippen MR) is 148 cm³/mol. The molecule has 2 heterocycles. The fraction of sp³-hybridized carbons (Fsp3) is 0. The van der Waals surface area contributed by atoms with Crippen molar-refractivity contribution in [1.29, 1.82) is 0 Å². The van der Waals surface area contributed by atoms with Crippen molar-refractivity contribution in [2.24, 2.45) is 0 Å². The molecule has 4 nitrogen and oxygen atoms in total. The number of hydrogen-bond acceptors (Lipinski definition) is 6. The molecule has 2 N–H and O–H groups in total. The van der Waals surface area contributed by atoms with Crippen LogP contribution in [0.4, 0.5) is 21.6 Å². The SMILES string of the molecule is Clc1ccc(Nc2nc3ccc(-c4ccc5nc(Nc6ccc(Cl)cc6)sc5c4)cc3s2)cc1. The number of thiazole rings is 2. The molecule has 0 aliphatic rings. The first kappa shape index (κ1) is 21.4. The molecule has 2 aromatic heterocycles. The Balaban J connectivity index is 1.27. The van der Waals surface area contributed by atoms with E-state index in [-0.39, 0.29) is 0 Å². The lowest BCUT2D eigenvalue weighted by Crippen LogP contribution is -1.87. The van der Waals surface area contributed by atoms with Gasteiger partial charge >= 0.3 is 0 Å². The minimum absolute atomic E-state index is 0.713. The quantitative estimate of drug-likeness (QED) is 0.238. The zero-order valence-electron chi connectivity index (χ0n) is 17.5. The van der Waals surface area contributed by atoms with Gasteiger partial charge in [0.2, 0.25) is 0 Å². The normalized spacial score (nSPS) is 11.2. The van der Waals surface area contributed by atoms with Crippen molar-refractivity contribution in [1.82, 2.24) is 9.97 Å². The van der Waals surface area contributed by atoms with Crippen molar-refractivity contribution in [3.05, 3.63) is 95.0 Å². The number of nitrogens with zero attached hydrogens (tertiary/aromatic N) is 2. The van der Waals surface area contributed by atoms with Gasteiger partial charge in [-0.3, -0.25) is 0 Å². The standard InChI is InChI=1S/C26H16Cl2N4S2/c27-17-3-7-19(8-4-17)29-25-31-21-11-1-15(13-23(21)33-25)16-2-12-22-24(14-16)34-26(32-22)30-20-9-5-18(28)6-10-20/h1-14H,(H,29,31)(H,30,32). The Labute approximate surface area is 213 Å². The summed E-state index contributed by atoms with van der Waals surface area (Å²) in [5, 5.41) is 9.85. The van der Waals surface area contributed by atoms with Gasteiger partial charge in [0.15, 0.2) is 10.3 Å². The lowest BCUT2D eigenvalue weighted by Gasteiger charge is -2.01. The topological polar surface area (TPSA) is 49.8 Å². The number of rotatable bonds is 5. The van der Waals surface area contributed by atoms with Crippen molar-refractivity contribution < 1.29 is 0 Å². The summed E-state index contributed by atoms with van der Waals surface area (Å²) < 4.78 is 2.26. The Morgan fingerprint density at radius 1 is 0.529 bits per heavy atom. The third-order valence-corrected chi connectivity index (χ3v) is 7.67. The number of nitrogens with one attached hydrogen (secondary N) is 2. The summed E-state index contributed by atoms with van der Waals surface area (Å²) in [7, 11) is 0. The van der Waals surface area contributed by atoms with Crippen LogP contribution < -0.4 is 10.6 Å². The van der Waals surface area contributed by atoms with Crippen molar-refractivity contribution in [3.63, 3.8) is 0 Å². The number of benzene rings is 4. The van der Waals surface area contributed by atoms with E-state index >= 15 is 0 Å². The van der Waals surface area contributed by atoms with Crippen LogP contribution in [0.2, 0.25) is 10.0 Å². The molecule has 6 aromatic rings. The van der Waals surface area contributed by atoms with Crippen molar-refractivity contribution in [2.45, 2.75) is 0 Å². The molecule has 0 radical (unpaired) electrons. The molecule has 4 aromatic carbocycles. The van der Waals surface area contributed by atoms with Crippen LogP contribution in [0.25, 0.3) is 31.6 Å². The maximum absolute atomic E-state index is 5.98. The molecule has 0 spiro atoms. The summed E-state index contributed by atoms with van der Waals surface area (Å²) in [5.74, 6) is 0. The van der Waals surface area contributed by atoms with Crippen molar-refractivity contribution >= 4 is 87.9 Å². The lowest BCUT2D eigenvalue weighted by atomic mass is 10.1. The van der Waals surface area contributed by atoms with E-state index in [1.54, 1.807) is 22.7 Å². The fourth-order valence-corrected chi connectivity index (χ4v) is 5.73. The highest BCUT2D eigenvalue weighted by molar-refractivity contribution is 7.22. The molecular weight excluding hydrogens is 503 g/mol. The lowest BCUT2D eigenvalue weighted by molar-refractivity contribution is 1.44. The Morgan fingerprint density at radius 3 is 1.35 bits per heavy atom. The molecule has 8 heteroatoms. The van der Waals surface area contributed by atoms with Gasteiger partial charge in [0.25, 0.3) is 0 Å². The highest BCUT2D eigenvalue weighted by atomic mass is 35.5. The van der Waals surface area contributed by atoms with Gasteiger partial charge in [-0.15, -0.1) is 0 Å². The van der Waals surface area contributed by atoms with Gasteiger partial charge in [0.05, 0.1) is 20.4 Å². The average molecular weight is 519 g/mol. The van der Waals surface area contributed by atoms with E-state index in [1.807, 2.05) is 48.5 Å². The van der Waals surface area contributed by atoms with Gasteiger partial charge in [-0.05, 0) is 83.9 Å². The minimum atomic E-state index is 0.713. The van der Waals surface area contributed by atoms with Crippen LogP contribution in [0.5, 0.6) is 0 Å². The van der Waals surface area contributed by atoms with Crippen LogP contribution in [0, 0.1) is 0 Å². The molecule has 6 rings (SSSR count). The average Bonchev–Trinajstić information content (AvgIpc) is 3.43.